The molecule has 2 aromatic rings. The topological polar surface area (TPSA) is 36.4 Å². The maximum atomic E-state index is 11.4. The van der Waals surface area contributed by atoms with Crippen molar-refractivity contribution in [2.45, 2.75) is 19.8 Å². The molecule has 3 heterocycles. The lowest BCUT2D eigenvalue weighted by Crippen LogP contribution is -2.48. The minimum atomic E-state index is 0.168. The zero-order valence-corrected chi connectivity index (χ0v) is 13.7. The van der Waals surface area contributed by atoms with Gasteiger partial charge in [-0.05, 0) is 36.4 Å². The Balaban J connectivity index is 1.54. The van der Waals surface area contributed by atoms with Gasteiger partial charge in [0.1, 0.15) is 0 Å². The lowest BCUT2D eigenvalue weighted by Gasteiger charge is -2.35. The van der Waals surface area contributed by atoms with E-state index < -0.39 is 0 Å². The zero-order chi connectivity index (χ0) is 15.4. The molecule has 1 aliphatic rings. The Kier molecular flexibility index (Phi) is 4.73. The highest BCUT2D eigenvalue weighted by molar-refractivity contribution is 7.09. The zero-order valence-electron chi connectivity index (χ0n) is 12.9. The van der Waals surface area contributed by atoms with Gasteiger partial charge in [0.25, 0.3) is 0 Å². The van der Waals surface area contributed by atoms with Crippen LogP contribution in [0.2, 0.25) is 0 Å². The second kappa shape index (κ2) is 6.92. The first-order chi connectivity index (χ1) is 10.7. The molecule has 116 valence electrons. The number of carbonyl (C=O) groups is 1. The molecule has 4 nitrogen and oxygen atoms in total. The number of aromatic nitrogens is 1. The van der Waals surface area contributed by atoms with Gasteiger partial charge in [0.15, 0.2) is 0 Å². The molecule has 0 unspecified atom stereocenters. The Morgan fingerprint density at radius 3 is 2.59 bits per heavy atom. The van der Waals surface area contributed by atoms with Crippen LogP contribution in [0.15, 0.2) is 35.8 Å². The van der Waals surface area contributed by atoms with E-state index in [0.29, 0.717) is 0 Å². The fourth-order valence-electron chi connectivity index (χ4n) is 2.74. The molecule has 0 N–H and O–H groups in total. The molecule has 1 fully saturated rings. The summed E-state index contributed by atoms with van der Waals surface area (Å²) >= 11 is 1.80. The number of hydrogen-bond acceptors (Lipinski definition) is 4. The second-order valence-electron chi connectivity index (χ2n) is 5.58. The Bertz CT molecular complexity index is 601. The van der Waals surface area contributed by atoms with Gasteiger partial charge in [-0.15, -0.1) is 11.3 Å². The van der Waals surface area contributed by atoms with Crippen LogP contribution in [-0.4, -0.2) is 42.0 Å². The quantitative estimate of drug-likeness (QED) is 0.870. The molecule has 1 aliphatic heterocycles. The van der Waals surface area contributed by atoms with Crippen LogP contribution in [0.4, 0.5) is 5.69 Å². The van der Waals surface area contributed by atoms with E-state index in [-0.39, 0.29) is 5.91 Å². The number of hydrogen-bond donors (Lipinski definition) is 0. The smallest absolute Gasteiger partial charge is 0.219 e. The highest BCUT2D eigenvalue weighted by atomic mass is 32.1. The summed E-state index contributed by atoms with van der Waals surface area (Å²) < 4.78 is 0. The maximum Gasteiger partial charge on any atom is 0.219 e. The molecule has 3 rings (SSSR count). The van der Waals surface area contributed by atoms with Crippen LogP contribution in [-0.2, 0) is 17.6 Å². The molecule has 0 bridgehead atoms. The van der Waals surface area contributed by atoms with Gasteiger partial charge in [0.05, 0.1) is 11.9 Å². The highest BCUT2D eigenvalue weighted by Gasteiger charge is 2.18. The van der Waals surface area contributed by atoms with E-state index in [1.807, 2.05) is 11.1 Å². The lowest BCUT2D eigenvalue weighted by atomic mass is 10.2. The number of piperazine rings is 1. The Morgan fingerprint density at radius 2 is 2.00 bits per heavy atom. The largest absolute Gasteiger partial charge is 0.367 e. The third-order valence-corrected chi connectivity index (χ3v) is 5.04. The third-order valence-electron chi connectivity index (χ3n) is 4.11. The first-order valence-corrected chi connectivity index (χ1v) is 8.58. The van der Waals surface area contributed by atoms with Crippen molar-refractivity contribution in [1.82, 2.24) is 9.88 Å². The number of amides is 1. The minimum Gasteiger partial charge on any atom is -0.367 e. The summed E-state index contributed by atoms with van der Waals surface area (Å²) in [5.41, 5.74) is 2.29. The maximum absolute atomic E-state index is 11.4. The van der Waals surface area contributed by atoms with Crippen molar-refractivity contribution in [2.24, 2.45) is 0 Å². The van der Waals surface area contributed by atoms with Crippen molar-refractivity contribution in [2.75, 3.05) is 31.1 Å². The predicted molar refractivity (Wildman–Crippen MR) is 90.4 cm³/mol. The van der Waals surface area contributed by atoms with E-state index in [0.717, 1.165) is 50.4 Å². The third kappa shape index (κ3) is 3.65. The van der Waals surface area contributed by atoms with E-state index in [1.165, 1.54) is 4.88 Å². The van der Waals surface area contributed by atoms with Gasteiger partial charge in [-0.3, -0.25) is 9.78 Å². The number of nitrogens with zero attached hydrogens (tertiary/aromatic N) is 3. The Labute approximate surface area is 135 Å². The summed E-state index contributed by atoms with van der Waals surface area (Å²) in [5.74, 6) is 0.168. The van der Waals surface area contributed by atoms with Crippen LogP contribution >= 0.6 is 11.3 Å². The van der Waals surface area contributed by atoms with Gasteiger partial charge in [0, 0.05) is 43.7 Å². The van der Waals surface area contributed by atoms with Crippen molar-refractivity contribution in [3.05, 3.63) is 46.4 Å². The summed E-state index contributed by atoms with van der Waals surface area (Å²) in [7, 11) is 0. The molecule has 0 spiro atoms. The number of aryl methyl sites for hydroxylation is 2. The van der Waals surface area contributed by atoms with Crippen LogP contribution in [0.1, 0.15) is 17.5 Å². The summed E-state index contributed by atoms with van der Waals surface area (Å²) in [6.07, 6.45) is 4.01. The lowest BCUT2D eigenvalue weighted by molar-refractivity contribution is -0.129. The van der Waals surface area contributed by atoms with Gasteiger partial charge in [-0.25, -0.2) is 0 Å². The molecule has 0 radical (unpaired) electrons. The van der Waals surface area contributed by atoms with Crippen LogP contribution in [0.5, 0.6) is 0 Å². The molecular weight excluding hydrogens is 294 g/mol. The molecule has 1 saturated heterocycles. The number of anilines is 1. The molecule has 5 heteroatoms. The first kappa shape index (κ1) is 15.0. The Hall–Kier alpha value is -1.88. The van der Waals surface area contributed by atoms with Crippen LogP contribution in [0, 0.1) is 0 Å². The standard InChI is InChI=1S/C17H21N3OS/c1-14(21)19-8-10-20(11-9-19)16-6-4-15(18-13-16)5-7-17-3-2-12-22-17/h2-4,6,12-13H,5,7-11H2,1H3. The molecule has 1 amide bonds. The van der Waals surface area contributed by atoms with E-state index in [9.17, 15) is 4.79 Å². The van der Waals surface area contributed by atoms with Crippen molar-refractivity contribution in [1.29, 1.82) is 0 Å². The molecule has 2 aromatic heterocycles. The fourth-order valence-corrected chi connectivity index (χ4v) is 3.45. The fraction of sp³-hybridized carbons (Fsp3) is 0.412. The average Bonchev–Trinajstić information content (AvgIpc) is 3.07. The van der Waals surface area contributed by atoms with Crippen molar-refractivity contribution >= 4 is 22.9 Å². The van der Waals surface area contributed by atoms with E-state index >= 15 is 0 Å². The predicted octanol–water partition coefficient (Wildman–Crippen LogP) is 2.60. The van der Waals surface area contributed by atoms with Gasteiger partial charge in [-0.2, -0.15) is 0 Å². The number of rotatable bonds is 4. The van der Waals surface area contributed by atoms with E-state index in [2.05, 4.69) is 39.5 Å². The van der Waals surface area contributed by atoms with Gasteiger partial charge < -0.3 is 9.80 Å². The van der Waals surface area contributed by atoms with Crippen molar-refractivity contribution < 1.29 is 4.79 Å². The van der Waals surface area contributed by atoms with Gasteiger partial charge in [0.2, 0.25) is 5.91 Å². The summed E-state index contributed by atoms with van der Waals surface area (Å²) in [5, 5.41) is 2.12. The second-order valence-corrected chi connectivity index (χ2v) is 6.61. The highest BCUT2D eigenvalue weighted by Crippen LogP contribution is 2.17. The van der Waals surface area contributed by atoms with Crippen LogP contribution < -0.4 is 4.90 Å². The van der Waals surface area contributed by atoms with Crippen LogP contribution in [0.25, 0.3) is 0 Å². The number of carbonyl (C=O) groups excluding carboxylic acids is 1. The van der Waals surface area contributed by atoms with E-state index in [4.69, 9.17) is 0 Å². The monoisotopic (exact) mass is 315 g/mol. The molecule has 22 heavy (non-hydrogen) atoms. The molecule has 0 saturated carbocycles. The minimum absolute atomic E-state index is 0.168. The summed E-state index contributed by atoms with van der Waals surface area (Å²) in [6, 6.07) is 8.55. The first-order valence-electron chi connectivity index (χ1n) is 7.70. The number of pyridine rings is 1. The van der Waals surface area contributed by atoms with Crippen molar-refractivity contribution in [3.63, 3.8) is 0 Å². The van der Waals surface area contributed by atoms with E-state index in [1.54, 1.807) is 18.3 Å². The molecule has 0 aliphatic carbocycles. The SMILES string of the molecule is CC(=O)N1CCN(c2ccc(CCc3cccs3)nc2)CC1. The molecule has 0 atom stereocenters. The Morgan fingerprint density at radius 1 is 1.18 bits per heavy atom. The number of thiophene rings is 1. The summed E-state index contributed by atoms with van der Waals surface area (Å²) in [6.45, 7) is 5.01. The molecular formula is C17H21N3OS. The summed E-state index contributed by atoms with van der Waals surface area (Å²) in [4.78, 5) is 21.6. The van der Waals surface area contributed by atoms with Gasteiger partial charge >= 0.3 is 0 Å². The average molecular weight is 315 g/mol. The normalized spacial score (nSPS) is 15.1. The molecule has 0 aromatic carbocycles. The van der Waals surface area contributed by atoms with Gasteiger partial charge in [-0.1, -0.05) is 6.07 Å². The van der Waals surface area contributed by atoms with Crippen molar-refractivity contribution in [3.8, 4) is 0 Å². The van der Waals surface area contributed by atoms with Crippen LogP contribution in [0.3, 0.4) is 0 Å².